The average molecular weight is 360 g/mol. The maximum atomic E-state index is 11.6. The zero-order chi connectivity index (χ0) is 16.9. The first kappa shape index (κ1) is 19.4. The Balaban J connectivity index is 2.42. The Hall–Kier alpha value is -0.630. The van der Waals surface area contributed by atoms with Crippen LogP contribution in [0.1, 0.15) is 0 Å². The van der Waals surface area contributed by atoms with Gasteiger partial charge < -0.3 is 35.8 Å². The highest BCUT2D eigenvalue weighted by Crippen LogP contribution is 2.19. The molecule has 0 aliphatic carbocycles. The smallest absolute Gasteiger partial charge is 0.316 e. The zero-order valence-electron chi connectivity index (χ0n) is 11.7. The van der Waals surface area contributed by atoms with E-state index in [0.29, 0.717) is 10.8 Å². The molecule has 1 rings (SSSR count). The van der Waals surface area contributed by atoms with Gasteiger partial charge in [0.15, 0.2) is 15.1 Å². The summed E-state index contributed by atoms with van der Waals surface area (Å²) in [4.78, 5) is 11.6. The number of amides is 2. The number of carbonyl (C=O) groups excluding carboxylic acids is 1. The van der Waals surface area contributed by atoms with E-state index in [2.05, 4.69) is 10.6 Å². The molecule has 2 amide bonds. The lowest BCUT2D eigenvalue weighted by molar-refractivity contribution is -0.233. The Morgan fingerprint density at radius 1 is 1.23 bits per heavy atom. The standard InChI is InChI=1S/C10H20N2O8S2/c1-22(18,19)21-3-2-11-10(17)12-9-8(16)7(15)6(14)5(4-13)20-9/h5-9,13-16H,2-4H2,1H3,(H2,11,12,17)/t5?,6-,7+,8?,9-/m1/s1. The lowest BCUT2D eigenvalue weighted by atomic mass is 9.98. The third-order valence-corrected chi connectivity index (χ3v) is 5.43. The van der Waals surface area contributed by atoms with Crippen LogP contribution in [0.4, 0.5) is 4.79 Å². The number of aliphatic hydroxyl groups excluding tert-OH is 4. The third-order valence-electron chi connectivity index (χ3n) is 2.85. The van der Waals surface area contributed by atoms with Crippen LogP contribution in [0.5, 0.6) is 0 Å². The summed E-state index contributed by atoms with van der Waals surface area (Å²) in [5.41, 5.74) is 0. The first-order chi connectivity index (χ1) is 10.2. The van der Waals surface area contributed by atoms with E-state index < -0.39 is 52.2 Å². The van der Waals surface area contributed by atoms with Gasteiger partial charge in [0.25, 0.3) is 0 Å². The number of urea groups is 1. The molecule has 1 saturated heterocycles. The molecule has 5 atom stereocenters. The van der Waals surface area contributed by atoms with Crippen LogP contribution in [0.25, 0.3) is 0 Å². The largest absolute Gasteiger partial charge is 0.394 e. The molecule has 0 radical (unpaired) electrons. The van der Waals surface area contributed by atoms with Crippen molar-refractivity contribution in [3.63, 3.8) is 0 Å². The minimum atomic E-state index is -3.19. The SMILES string of the molecule is CS(=O)(=O)SCCNC(=O)N[C@@H]1OC(CO)[C@@H](O)[C@H](O)C1O. The second-order valence-electron chi connectivity index (χ2n) is 4.68. The van der Waals surface area contributed by atoms with Gasteiger partial charge in [-0.25, -0.2) is 13.2 Å². The number of nitrogens with one attached hydrogen (secondary N) is 2. The number of rotatable bonds is 6. The van der Waals surface area contributed by atoms with Crippen LogP contribution in [0.2, 0.25) is 0 Å². The van der Waals surface area contributed by atoms with Crippen LogP contribution in [-0.2, 0) is 13.6 Å². The Morgan fingerprint density at radius 2 is 1.86 bits per heavy atom. The van der Waals surface area contributed by atoms with E-state index >= 15 is 0 Å². The highest BCUT2D eigenvalue weighted by molar-refractivity contribution is 8.71. The minimum absolute atomic E-state index is 0.0565. The molecule has 1 heterocycles. The first-order valence-electron chi connectivity index (χ1n) is 6.35. The third kappa shape index (κ3) is 5.87. The zero-order valence-corrected chi connectivity index (χ0v) is 13.4. The number of aliphatic hydroxyl groups is 4. The molecular weight excluding hydrogens is 340 g/mol. The average Bonchev–Trinajstić information content (AvgIpc) is 2.43. The van der Waals surface area contributed by atoms with E-state index in [-0.39, 0.29) is 12.3 Å². The fraction of sp³-hybridized carbons (Fsp3) is 0.900. The lowest BCUT2D eigenvalue weighted by Gasteiger charge is -2.40. The predicted molar refractivity (Wildman–Crippen MR) is 77.6 cm³/mol. The van der Waals surface area contributed by atoms with Crippen LogP contribution in [0.3, 0.4) is 0 Å². The first-order valence-corrected chi connectivity index (χ1v) is 9.74. The van der Waals surface area contributed by atoms with Crippen molar-refractivity contribution in [2.45, 2.75) is 30.6 Å². The Labute approximate surface area is 131 Å². The van der Waals surface area contributed by atoms with Gasteiger partial charge in [0.2, 0.25) is 0 Å². The van der Waals surface area contributed by atoms with E-state index in [0.717, 1.165) is 6.26 Å². The van der Waals surface area contributed by atoms with Gasteiger partial charge in [-0.2, -0.15) is 0 Å². The quantitative estimate of drug-likeness (QED) is 0.211. The summed E-state index contributed by atoms with van der Waals surface area (Å²) in [5.74, 6) is 0.140. The van der Waals surface area contributed by atoms with Gasteiger partial charge in [0.05, 0.1) is 6.61 Å². The molecule has 0 spiro atoms. The van der Waals surface area contributed by atoms with Crippen molar-refractivity contribution < 1.29 is 38.4 Å². The molecule has 10 nitrogen and oxygen atoms in total. The molecule has 12 heteroatoms. The molecule has 130 valence electrons. The number of carbonyl (C=O) groups is 1. The van der Waals surface area contributed by atoms with Crippen molar-refractivity contribution in [2.75, 3.05) is 25.2 Å². The Morgan fingerprint density at radius 3 is 2.41 bits per heavy atom. The van der Waals surface area contributed by atoms with E-state index in [4.69, 9.17) is 9.84 Å². The molecule has 6 N–H and O–H groups in total. The van der Waals surface area contributed by atoms with E-state index in [1.54, 1.807) is 0 Å². The molecule has 1 aliphatic heterocycles. The molecule has 1 fully saturated rings. The van der Waals surface area contributed by atoms with Crippen molar-refractivity contribution >= 4 is 25.7 Å². The summed E-state index contributed by atoms with van der Waals surface area (Å²) in [6.07, 6.45) is -6.06. The molecule has 0 aromatic rings. The van der Waals surface area contributed by atoms with Gasteiger partial charge in [-0.3, -0.25) is 0 Å². The highest BCUT2D eigenvalue weighted by atomic mass is 33.1. The fourth-order valence-corrected chi connectivity index (χ4v) is 3.41. The maximum absolute atomic E-state index is 11.6. The second-order valence-corrected chi connectivity index (χ2v) is 9.25. The molecule has 0 aromatic heterocycles. The topological polar surface area (TPSA) is 165 Å². The molecule has 1 aliphatic rings. The highest BCUT2D eigenvalue weighted by Gasteiger charge is 2.43. The Bertz CT molecular complexity index is 472. The molecule has 0 bridgehead atoms. The van der Waals surface area contributed by atoms with Gasteiger partial charge in [0, 0.05) is 18.6 Å². The van der Waals surface area contributed by atoms with Gasteiger partial charge in [-0.05, 0) is 10.8 Å². The summed E-state index contributed by atoms with van der Waals surface area (Å²) in [6.45, 7) is -0.545. The van der Waals surface area contributed by atoms with Crippen molar-refractivity contribution in [3.05, 3.63) is 0 Å². The van der Waals surface area contributed by atoms with Crippen LogP contribution >= 0.6 is 10.8 Å². The summed E-state index contributed by atoms with van der Waals surface area (Å²) in [7, 11) is -2.52. The van der Waals surface area contributed by atoms with Crippen LogP contribution in [0, 0.1) is 0 Å². The second kappa shape index (κ2) is 8.29. The van der Waals surface area contributed by atoms with E-state index in [9.17, 15) is 28.5 Å². The lowest BCUT2D eigenvalue weighted by Crippen LogP contribution is -2.64. The molecular formula is C10H20N2O8S2. The van der Waals surface area contributed by atoms with Crippen molar-refractivity contribution in [3.8, 4) is 0 Å². The Kier molecular flexibility index (Phi) is 7.31. The number of hydrogen-bond acceptors (Lipinski definition) is 9. The van der Waals surface area contributed by atoms with Gasteiger partial charge >= 0.3 is 6.03 Å². The van der Waals surface area contributed by atoms with Crippen molar-refractivity contribution in [1.29, 1.82) is 0 Å². The van der Waals surface area contributed by atoms with Crippen LogP contribution in [-0.4, -0.2) is 90.7 Å². The fourth-order valence-electron chi connectivity index (χ4n) is 1.76. The maximum Gasteiger partial charge on any atom is 0.316 e. The van der Waals surface area contributed by atoms with E-state index in [1.807, 2.05) is 0 Å². The summed E-state index contributed by atoms with van der Waals surface area (Å²) < 4.78 is 26.8. The number of ether oxygens (including phenoxy) is 1. The predicted octanol–water partition coefficient (Wildman–Crippen LogP) is -3.22. The summed E-state index contributed by atoms with van der Waals surface area (Å²) >= 11 is 0. The van der Waals surface area contributed by atoms with Gasteiger partial charge in [-0.15, -0.1) is 0 Å². The van der Waals surface area contributed by atoms with Crippen molar-refractivity contribution in [2.24, 2.45) is 0 Å². The molecule has 2 unspecified atom stereocenters. The van der Waals surface area contributed by atoms with E-state index in [1.165, 1.54) is 0 Å². The molecule has 0 saturated carbocycles. The monoisotopic (exact) mass is 360 g/mol. The van der Waals surface area contributed by atoms with Crippen LogP contribution in [0.15, 0.2) is 0 Å². The van der Waals surface area contributed by atoms with Crippen molar-refractivity contribution in [1.82, 2.24) is 10.6 Å². The van der Waals surface area contributed by atoms with Gasteiger partial charge in [-0.1, -0.05) is 0 Å². The number of hydrogen-bond donors (Lipinski definition) is 6. The molecule has 0 aromatic carbocycles. The summed E-state index contributed by atoms with van der Waals surface area (Å²) in [6, 6.07) is -0.751. The minimum Gasteiger partial charge on any atom is -0.394 e. The van der Waals surface area contributed by atoms with Crippen LogP contribution < -0.4 is 10.6 Å². The summed E-state index contributed by atoms with van der Waals surface area (Å²) in [5, 5.41) is 42.4. The normalized spacial score (nSPS) is 32.5. The molecule has 22 heavy (non-hydrogen) atoms. The van der Waals surface area contributed by atoms with Gasteiger partial charge in [0.1, 0.15) is 24.4 Å².